The highest BCUT2D eigenvalue weighted by atomic mass is 127. The third kappa shape index (κ3) is 2.56. The summed E-state index contributed by atoms with van der Waals surface area (Å²) in [5, 5.41) is 0. The maximum Gasteiger partial charge on any atom is 0.319 e. The minimum Gasteiger partial charge on any atom is -0.458 e. The zero-order valence-corrected chi connectivity index (χ0v) is 13.8. The molecule has 3 heteroatoms. The number of ether oxygens (including phenoxy) is 1. The lowest BCUT2D eigenvalue weighted by molar-refractivity contribution is -0.180. The van der Waals surface area contributed by atoms with E-state index in [-0.39, 0.29) is 15.5 Å². The predicted octanol–water partition coefficient (Wildman–Crippen LogP) is 4.64. The molecule has 2 unspecified atom stereocenters. The van der Waals surface area contributed by atoms with E-state index in [2.05, 4.69) is 29.5 Å². The minimum absolute atomic E-state index is 0.00812. The van der Waals surface area contributed by atoms with Crippen LogP contribution >= 0.6 is 22.6 Å². The fourth-order valence-electron chi connectivity index (χ4n) is 3.90. The van der Waals surface area contributed by atoms with Crippen molar-refractivity contribution in [1.29, 1.82) is 0 Å². The van der Waals surface area contributed by atoms with Crippen molar-refractivity contribution in [3.05, 3.63) is 0 Å². The van der Waals surface area contributed by atoms with Crippen molar-refractivity contribution in [2.45, 2.75) is 81.2 Å². The van der Waals surface area contributed by atoms with E-state index < -0.39 is 0 Å². The molecule has 0 amide bonds. The molecule has 2 saturated carbocycles. The van der Waals surface area contributed by atoms with Gasteiger partial charge in [-0.2, -0.15) is 0 Å². The smallest absolute Gasteiger partial charge is 0.319 e. The van der Waals surface area contributed by atoms with Crippen LogP contribution in [0.5, 0.6) is 0 Å². The second kappa shape index (κ2) is 5.68. The lowest BCUT2D eigenvalue weighted by Gasteiger charge is -2.49. The van der Waals surface area contributed by atoms with E-state index in [0.29, 0.717) is 5.41 Å². The van der Waals surface area contributed by atoms with Gasteiger partial charge in [0.25, 0.3) is 0 Å². The van der Waals surface area contributed by atoms with Crippen molar-refractivity contribution in [3.63, 3.8) is 0 Å². The second-order valence-electron chi connectivity index (χ2n) is 6.22. The normalized spacial score (nSPS) is 32.4. The molecule has 0 radical (unpaired) electrons. The van der Waals surface area contributed by atoms with Crippen LogP contribution in [0.15, 0.2) is 0 Å². The summed E-state index contributed by atoms with van der Waals surface area (Å²) in [6.45, 7) is 4.25. The number of esters is 1. The summed E-state index contributed by atoms with van der Waals surface area (Å²) >= 11 is 2.21. The lowest BCUT2D eigenvalue weighted by Crippen LogP contribution is -2.50. The number of rotatable bonds is 3. The Kier molecular flexibility index (Phi) is 4.61. The van der Waals surface area contributed by atoms with Crippen molar-refractivity contribution in [2.75, 3.05) is 0 Å². The molecule has 0 aromatic heterocycles. The van der Waals surface area contributed by atoms with Gasteiger partial charge in [0, 0.05) is 5.41 Å². The fraction of sp³-hybridized carbons (Fsp3) is 0.933. The Morgan fingerprint density at radius 2 is 1.67 bits per heavy atom. The van der Waals surface area contributed by atoms with Crippen molar-refractivity contribution in [1.82, 2.24) is 0 Å². The van der Waals surface area contributed by atoms with Gasteiger partial charge in [-0.1, -0.05) is 48.8 Å². The third-order valence-electron chi connectivity index (χ3n) is 5.18. The molecule has 0 N–H and O–H groups in total. The van der Waals surface area contributed by atoms with Crippen molar-refractivity contribution < 1.29 is 9.53 Å². The first-order valence-corrected chi connectivity index (χ1v) is 8.64. The largest absolute Gasteiger partial charge is 0.458 e. The molecule has 0 heterocycles. The van der Waals surface area contributed by atoms with E-state index in [4.69, 9.17) is 4.74 Å². The summed E-state index contributed by atoms with van der Waals surface area (Å²) in [5.41, 5.74) is 0.0996. The van der Waals surface area contributed by atoms with Crippen LogP contribution in [0.3, 0.4) is 0 Å². The first-order valence-electron chi connectivity index (χ1n) is 7.40. The Morgan fingerprint density at radius 1 is 1.17 bits per heavy atom. The van der Waals surface area contributed by atoms with E-state index in [9.17, 15) is 4.79 Å². The zero-order valence-electron chi connectivity index (χ0n) is 11.6. The monoisotopic (exact) mass is 364 g/mol. The third-order valence-corrected chi connectivity index (χ3v) is 6.57. The van der Waals surface area contributed by atoms with Crippen LogP contribution < -0.4 is 0 Å². The number of hydrogen-bond donors (Lipinski definition) is 0. The molecule has 18 heavy (non-hydrogen) atoms. The van der Waals surface area contributed by atoms with Gasteiger partial charge in [-0.3, -0.25) is 4.79 Å². The van der Waals surface area contributed by atoms with Gasteiger partial charge in [0.2, 0.25) is 0 Å². The van der Waals surface area contributed by atoms with Crippen molar-refractivity contribution in [2.24, 2.45) is 5.41 Å². The molecule has 2 nitrogen and oxygen atoms in total. The molecule has 104 valence electrons. The van der Waals surface area contributed by atoms with E-state index >= 15 is 0 Å². The summed E-state index contributed by atoms with van der Waals surface area (Å²) in [6.07, 6.45) is 10.9. The Morgan fingerprint density at radius 3 is 2.17 bits per heavy atom. The number of carbonyl (C=O) groups excluding carboxylic acids is 1. The summed E-state index contributed by atoms with van der Waals surface area (Å²) < 4.78 is 6.04. The van der Waals surface area contributed by atoms with Gasteiger partial charge in [-0.25, -0.2) is 0 Å². The molecule has 0 aliphatic heterocycles. The molecule has 0 aromatic carbocycles. The van der Waals surface area contributed by atoms with Crippen LogP contribution in [0.1, 0.15) is 71.6 Å². The van der Waals surface area contributed by atoms with Gasteiger partial charge < -0.3 is 4.74 Å². The maximum atomic E-state index is 12.2. The van der Waals surface area contributed by atoms with Gasteiger partial charge >= 0.3 is 5.97 Å². The summed E-state index contributed by atoms with van der Waals surface area (Å²) in [5.74, 6) is 0.00812. The Hall–Kier alpha value is 0.200. The van der Waals surface area contributed by atoms with Crippen LogP contribution in [-0.4, -0.2) is 15.5 Å². The van der Waals surface area contributed by atoms with Crippen LogP contribution in [0.2, 0.25) is 0 Å². The number of alkyl halides is 1. The standard InChI is InChI=1S/C15H25IO2/c1-3-12(16)13(17)18-14(2)8-4-5-9-15(14)10-6-7-11-15/h12H,3-11H2,1-2H3. The van der Waals surface area contributed by atoms with Crippen LogP contribution in [-0.2, 0) is 9.53 Å². The van der Waals surface area contributed by atoms with Crippen molar-refractivity contribution >= 4 is 28.6 Å². The second-order valence-corrected chi connectivity index (χ2v) is 7.73. The van der Waals surface area contributed by atoms with Crippen LogP contribution in [0.25, 0.3) is 0 Å². The van der Waals surface area contributed by atoms with Crippen LogP contribution in [0.4, 0.5) is 0 Å². The van der Waals surface area contributed by atoms with Crippen molar-refractivity contribution in [3.8, 4) is 0 Å². The molecule has 2 rings (SSSR count). The van der Waals surface area contributed by atoms with Gasteiger partial charge in [-0.15, -0.1) is 0 Å². The SMILES string of the molecule is CCC(I)C(=O)OC1(C)CCCCC12CCCC2. The molecule has 0 bridgehead atoms. The molecule has 2 aliphatic carbocycles. The van der Waals surface area contributed by atoms with Gasteiger partial charge in [0.1, 0.15) is 9.53 Å². The number of hydrogen-bond acceptors (Lipinski definition) is 2. The molecule has 1 spiro atoms. The van der Waals surface area contributed by atoms with E-state index in [1.807, 2.05) is 6.92 Å². The Labute approximate surface area is 124 Å². The van der Waals surface area contributed by atoms with Gasteiger partial charge in [0.05, 0.1) is 0 Å². The first kappa shape index (κ1) is 14.6. The van der Waals surface area contributed by atoms with Crippen LogP contribution in [0, 0.1) is 5.41 Å². The summed E-state index contributed by atoms with van der Waals surface area (Å²) in [4.78, 5) is 12.2. The molecule has 2 fully saturated rings. The fourth-order valence-corrected chi connectivity index (χ4v) is 4.02. The van der Waals surface area contributed by atoms with E-state index in [1.165, 1.54) is 44.9 Å². The highest BCUT2D eigenvalue weighted by Gasteiger charge is 2.53. The molecule has 0 saturated heterocycles. The minimum atomic E-state index is -0.197. The average molecular weight is 364 g/mol. The van der Waals surface area contributed by atoms with Gasteiger partial charge in [0.15, 0.2) is 0 Å². The molecule has 0 aromatic rings. The van der Waals surface area contributed by atoms with E-state index in [0.717, 1.165) is 12.8 Å². The quantitative estimate of drug-likeness (QED) is 0.414. The Bertz CT molecular complexity index is 310. The maximum absolute atomic E-state index is 12.2. The average Bonchev–Trinajstić information content (AvgIpc) is 2.82. The Balaban J connectivity index is 2.13. The highest BCUT2D eigenvalue weighted by Crippen LogP contribution is 2.56. The highest BCUT2D eigenvalue weighted by molar-refractivity contribution is 14.1. The molecule has 2 atom stereocenters. The topological polar surface area (TPSA) is 26.3 Å². The zero-order chi connectivity index (χ0) is 13.2. The summed E-state index contributed by atoms with van der Waals surface area (Å²) in [6, 6.07) is 0. The van der Waals surface area contributed by atoms with Gasteiger partial charge in [-0.05, 0) is 45.4 Å². The molecular formula is C15H25IO2. The molecular weight excluding hydrogens is 339 g/mol. The number of halogens is 1. The predicted molar refractivity (Wildman–Crippen MR) is 82.0 cm³/mol. The lowest BCUT2D eigenvalue weighted by atomic mass is 9.62. The first-order chi connectivity index (χ1) is 8.53. The van der Waals surface area contributed by atoms with E-state index in [1.54, 1.807) is 0 Å². The summed E-state index contributed by atoms with van der Waals surface area (Å²) in [7, 11) is 0. The molecule has 2 aliphatic rings. The number of carbonyl (C=O) groups is 1.